The summed E-state index contributed by atoms with van der Waals surface area (Å²) in [7, 11) is 0. The fraction of sp³-hybridized carbons (Fsp3) is 0.579. The number of nitrogens with one attached hydrogen (secondary N) is 2. The Morgan fingerprint density at radius 1 is 1.33 bits per heavy atom. The van der Waals surface area contributed by atoms with E-state index in [1.807, 2.05) is 4.90 Å². The molecule has 1 fully saturated rings. The van der Waals surface area contributed by atoms with Crippen LogP contribution in [0.15, 0.2) is 29.3 Å². The highest BCUT2D eigenvalue weighted by Crippen LogP contribution is 2.15. The van der Waals surface area contributed by atoms with Crippen LogP contribution in [0.2, 0.25) is 0 Å². The molecule has 1 aliphatic rings. The zero-order chi connectivity index (χ0) is 17.4. The van der Waals surface area contributed by atoms with Crippen LogP contribution in [0.1, 0.15) is 51.2 Å². The molecule has 1 unspecified atom stereocenters. The highest BCUT2D eigenvalue weighted by molar-refractivity contribution is 5.80. The van der Waals surface area contributed by atoms with E-state index < -0.39 is 0 Å². The second-order valence-corrected chi connectivity index (χ2v) is 6.39. The van der Waals surface area contributed by atoms with Crippen LogP contribution in [0.5, 0.6) is 0 Å². The van der Waals surface area contributed by atoms with Crippen molar-refractivity contribution in [2.75, 3.05) is 13.1 Å². The summed E-state index contributed by atoms with van der Waals surface area (Å²) < 4.78 is 0. The topological polar surface area (TPSA) is 56.7 Å². The lowest BCUT2D eigenvalue weighted by Crippen LogP contribution is -2.41. The van der Waals surface area contributed by atoms with Gasteiger partial charge in [0.2, 0.25) is 5.91 Å². The molecule has 1 aromatic rings. The Hall–Kier alpha value is -2.04. The van der Waals surface area contributed by atoms with Crippen molar-refractivity contribution in [1.29, 1.82) is 0 Å². The van der Waals surface area contributed by atoms with E-state index in [1.54, 1.807) is 0 Å². The summed E-state index contributed by atoms with van der Waals surface area (Å²) in [5.41, 5.74) is 2.35. The number of aliphatic imine (C=N–C) groups is 1. The van der Waals surface area contributed by atoms with Crippen LogP contribution < -0.4 is 10.6 Å². The Balaban J connectivity index is 1.99. The Morgan fingerprint density at radius 3 is 2.79 bits per heavy atom. The molecule has 132 valence electrons. The molecular weight excluding hydrogens is 300 g/mol. The zero-order valence-corrected chi connectivity index (χ0v) is 15.1. The first-order chi connectivity index (χ1) is 11.6. The maximum absolute atomic E-state index is 11.8. The van der Waals surface area contributed by atoms with E-state index in [0.717, 1.165) is 31.9 Å². The van der Waals surface area contributed by atoms with E-state index >= 15 is 0 Å². The molecular formula is C19H30N4O. The number of guanidine groups is 1. The monoisotopic (exact) mass is 330 g/mol. The molecule has 0 bridgehead atoms. The molecule has 2 rings (SSSR count). The summed E-state index contributed by atoms with van der Waals surface area (Å²) in [5, 5.41) is 6.69. The van der Waals surface area contributed by atoms with Gasteiger partial charge in [0.15, 0.2) is 5.96 Å². The minimum atomic E-state index is 0.269. The molecule has 5 heteroatoms. The standard InChI is InChI=1S/C19H30N4O/c1-4-15(3)22-19(20-5-2)21-13-16-8-6-9-17(12-16)14-23-11-7-10-18(23)24/h6,8-9,12,15H,4-5,7,10-11,13-14H2,1-3H3,(H2,20,21,22). The molecule has 1 heterocycles. The Bertz CT molecular complexity index is 570. The van der Waals surface area contributed by atoms with Crippen molar-refractivity contribution in [3.05, 3.63) is 35.4 Å². The minimum Gasteiger partial charge on any atom is -0.357 e. The van der Waals surface area contributed by atoms with Gasteiger partial charge in [-0.2, -0.15) is 0 Å². The van der Waals surface area contributed by atoms with Gasteiger partial charge in [-0.05, 0) is 37.8 Å². The third kappa shape index (κ3) is 5.55. The van der Waals surface area contributed by atoms with Crippen molar-refractivity contribution in [2.24, 2.45) is 4.99 Å². The van der Waals surface area contributed by atoms with Crippen LogP contribution in [-0.4, -0.2) is 35.9 Å². The number of benzene rings is 1. The van der Waals surface area contributed by atoms with Gasteiger partial charge in [-0.1, -0.05) is 31.2 Å². The predicted molar refractivity (Wildman–Crippen MR) is 98.8 cm³/mol. The molecule has 1 atom stereocenters. The SMILES string of the molecule is CCNC(=NCc1cccc(CN2CCCC2=O)c1)NC(C)CC. The summed E-state index contributed by atoms with van der Waals surface area (Å²) in [6.07, 6.45) is 2.73. The summed E-state index contributed by atoms with van der Waals surface area (Å²) in [4.78, 5) is 18.4. The number of carbonyl (C=O) groups excluding carboxylic acids is 1. The first-order valence-corrected chi connectivity index (χ1v) is 9.02. The van der Waals surface area contributed by atoms with Gasteiger partial charge in [0.1, 0.15) is 0 Å². The summed E-state index contributed by atoms with van der Waals surface area (Å²) >= 11 is 0. The zero-order valence-electron chi connectivity index (χ0n) is 15.1. The van der Waals surface area contributed by atoms with E-state index in [-0.39, 0.29) is 5.91 Å². The predicted octanol–water partition coefficient (Wildman–Crippen LogP) is 2.66. The van der Waals surface area contributed by atoms with Crippen molar-refractivity contribution in [3.8, 4) is 0 Å². The molecule has 2 N–H and O–H groups in total. The van der Waals surface area contributed by atoms with Crippen LogP contribution in [0.4, 0.5) is 0 Å². The fourth-order valence-corrected chi connectivity index (χ4v) is 2.74. The maximum atomic E-state index is 11.8. The largest absolute Gasteiger partial charge is 0.357 e. The molecule has 24 heavy (non-hydrogen) atoms. The smallest absolute Gasteiger partial charge is 0.222 e. The van der Waals surface area contributed by atoms with E-state index in [2.05, 4.69) is 60.7 Å². The van der Waals surface area contributed by atoms with E-state index in [0.29, 0.717) is 25.6 Å². The molecule has 5 nitrogen and oxygen atoms in total. The van der Waals surface area contributed by atoms with Crippen molar-refractivity contribution in [1.82, 2.24) is 15.5 Å². The van der Waals surface area contributed by atoms with Crippen LogP contribution in [0.3, 0.4) is 0 Å². The molecule has 0 spiro atoms. The molecule has 1 amide bonds. The van der Waals surface area contributed by atoms with Crippen molar-refractivity contribution >= 4 is 11.9 Å². The van der Waals surface area contributed by atoms with Crippen LogP contribution in [-0.2, 0) is 17.9 Å². The number of carbonyl (C=O) groups is 1. The third-order valence-corrected chi connectivity index (χ3v) is 4.30. The van der Waals surface area contributed by atoms with E-state index in [9.17, 15) is 4.79 Å². The second kappa shape index (κ2) is 9.30. The summed E-state index contributed by atoms with van der Waals surface area (Å²) in [5.74, 6) is 1.12. The lowest BCUT2D eigenvalue weighted by molar-refractivity contribution is -0.128. The van der Waals surface area contributed by atoms with Gasteiger partial charge in [0.05, 0.1) is 6.54 Å². The second-order valence-electron chi connectivity index (χ2n) is 6.39. The lowest BCUT2D eigenvalue weighted by atomic mass is 10.1. The van der Waals surface area contributed by atoms with Crippen LogP contribution in [0, 0.1) is 0 Å². The quantitative estimate of drug-likeness (QED) is 0.597. The fourth-order valence-electron chi connectivity index (χ4n) is 2.74. The highest BCUT2D eigenvalue weighted by Gasteiger charge is 2.19. The molecule has 0 aliphatic carbocycles. The molecule has 1 aromatic carbocycles. The number of likely N-dealkylation sites (tertiary alicyclic amines) is 1. The highest BCUT2D eigenvalue weighted by atomic mass is 16.2. The number of rotatable bonds is 7. The molecule has 0 aromatic heterocycles. The molecule has 0 saturated carbocycles. The summed E-state index contributed by atoms with van der Waals surface area (Å²) in [6.45, 7) is 9.45. The van der Waals surface area contributed by atoms with Crippen LogP contribution in [0.25, 0.3) is 0 Å². The lowest BCUT2D eigenvalue weighted by Gasteiger charge is -2.17. The van der Waals surface area contributed by atoms with Crippen molar-refractivity contribution < 1.29 is 4.79 Å². The van der Waals surface area contributed by atoms with Gasteiger partial charge in [0.25, 0.3) is 0 Å². The van der Waals surface area contributed by atoms with Gasteiger partial charge >= 0.3 is 0 Å². The van der Waals surface area contributed by atoms with Gasteiger partial charge in [-0.3, -0.25) is 4.79 Å². The third-order valence-electron chi connectivity index (χ3n) is 4.30. The van der Waals surface area contributed by atoms with Crippen molar-refractivity contribution in [3.63, 3.8) is 0 Å². The first kappa shape index (κ1) is 18.3. The van der Waals surface area contributed by atoms with Gasteiger partial charge < -0.3 is 15.5 Å². The van der Waals surface area contributed by atoms with E-state index in [1.165, 1.54) is 11.1 Å². The van der Waals surface area contributed by atoms with E-state index in [4.69, 9.17) is 0 Å². The molecule has 1 aliphatic heterocycles. The Morgan fingerprint density at radius 2 is 2.12 bits per heavy atom. The van der Waals surface area contributed by atoms with Gasteiger partial charge in [-0.25, -0.2) is 4.99 Å². The van der Waals surface area contributed by atoms with Crippen LogP contribution >= 0.6 is 0 Å². The maximum Gasteiger partial charge on any atom is 0.222 e. The summed E-state index contributed by atoms with van der Waals surface area (Å²) in [6, 6.07) is 8.78. The minimum absolute atomic E-state index is 0.269. The Labute approximate surface area is 145 Å². The number of hydrogen-bond acceptors (Lipinski definition) is 2. The van der Waals surface area contributed by atoms with Gasteiger partial charge in [0, 0.05) is 32.1 Å². The van der Waals surface area contributed by atoms with Crippen molar-refractivity contribution in [2.45, 2.75) is 59.2 Å². The average molecular weight is 330 g/mol. The average Bonchev–Trinajstić information content (AvgIpc) is 2.98. The Kier molecular flexibility index (Phi) is 7.09. The number of nitrogens with zero attached hydrogens (tertiary/aromatic N) is 2. The molecule has 1 saturated heterocycles. The normalized spacial score (nSPS) is 16.4. The number of hydrogen-bond donors (Lipinski definition) is 2. The molecule has 0 radical (unpaired) electrons. The number of amides is 1. The van der Waals surface area contributed by atoms with Gasteiger partial charge in [-0.15, -0.1) is 0 Å². The first-order valence-electron chi connectivity index (χ1n) is 9.02.